The third-order valence-corrected chi connectivity index (χ3v) is 2.61. The molecule has 5 heteroatoms. The Bertz CT molecular complexity index is 576. The van der Waals surface area contributed by atoms with Crippen molar-refractivity contribution in [2.75, 3.05) is 7.05 Å². The Morgan fingerprint density at radius 1 is 1.16 bits per heavy atom. The molecule has 0 fully saturated rings. The van der Waals surface area contributed by atoms with Crippen molar-refractivity contribution in [3.05, 3.63) is 59.5 Å². The van der Waals surface area contributed by atoms with E-state index < -0.39 is 0 Å². The normalized spacial score (nSPS) is 9.95. The lowest BCUT2D eigenvalue weighted by atomic mass is 10.1. The summed E-state index contributed by atoms with van der Waals surface area (Å²) in [5.74, 6) is -0.169. The SMILES string of the molecule is CNC(=O)c1cccc(CNC(=O)c2ccco2)c1. The lowest BCUT2D eigenvalue weighted by molar-refractivity contribution is 0.0922. The lowest BCUT2D eigenvalue weighted by Gasteiger charge is -2.05. The molecular formula is C14H14N2O3. The fourth-order valence-corrected chi connectivity index (χ4v) is 1.64. The third-order valence-electron chi connectivity index (χ3n) is 2.61. The Hall–Kier alpha value is -2.56. The van der Waals surface area contributed by atoms with Crippen LogP contribution in [0.4, 0.5) is 0 Å². The molecule has 0 atom stereocenters. The predicted molar refractivity (Wildman–Crippen MR) is 69.7 cm³/mol. The molecule has 98 valence electrons. The largest absolute Gasteiger partial charge is 0.459 e. The molecular weight excluding hydrogens is 244 g/mol. The highest BCUT2D eigenvalue weighted by Gasteiger charge is 2.08. The Kier molecular flexibility index (Phi) is 3.97. The standard InChI is InChI=1S/C14H14N2O3/c1-15-13(17)11-5-2-4-10(8-11)9-16-14(18)12-6-3-7-19-12/h2-8H,9H2,1H3,(H,15,17)(H,16,18). The molecule has 0 unspecified atom stereocenters. The second-order valence-electron chi connectivity index (χ2n) is 3.94. The third kappa shape index (κ3) is 3.22. The number of carbonyl (C=O) groups is 2. The molecule has 0 aliphatic rings. The number of nitrogens with one attached hydrogen (secondary N) is 2. The Morgan fingerprint density at radius 2 is 2.00 bits per heavy atom. The molecule has 1 aromatic carbocycles. The fourth-order valence-electron chi connectivity index (χ4n) is 1.64. The lowest BCUT2D eigenvalue weighted by Crippen LogP contribution is -2.23. The summed E-state index contributed by atoms with van der Waals surface area (Å²) in [6, 6.07) is 10.3. The molecule has 0 radical (unpaired) electrons. The van der Waals surface area contributed by atoms with Crippen LogP contribution in [0.3, 0.4) is 0 Å². The van der Waals surface area contributed by atoms with Crippen LogP contribution in [0.15, 0.2) is 47.1 Å². The molecule has 0 saturated carbocycles. The minimum atomic E-state index is -0.282. The van der Waals surface area contributed by atoms with E-state index in [1.165, 1.54) is 6.26 Å². The van der Waals surface area contributed by atoms with Crippen molar-refractivity contribution < 1.29 is 14.0 Å². The van der Waals surface area contributed by atoms with Crippen LogP contribution in [0.5, 0.6) is 0 Å². The second kappa shape index (κ2) is 5.86. The molecule has 19 heavy (non-hydrogen) atoms. The summed E-state index contributed by atoms with van der Waals surface area (Å²) >= 11 is 0. The molecule has 1 heterocycles. The van der Waals surface area contributed by atoms with Gasteiger partial charge >= 0.3 is 0 Å². The van der Waals surface area contributed by atoms with Gasteiger partial charge in [-0.15, -0.1) is 0 Å². The smallest absolute Gasteiger partial charge is 0.287 e. The van der Waals surface area contributed by atoms with Crippen LogP contribution < -0.4 is 10.6 Å². The zero-order chi connectivity index (χ0) is 13.7. The van der Waals surface area contributed by atoms with Gasteiger partial charge in [0.05, 0.1) is 6.26 Å². The summed E-state index contributed by atoms with van der Waals surface area (Å²) in [6.07, 6.45) is 1.45. The van der Waals surface area contributed by atoms with E-state index in [-0.39, 0.29) is 17.6 Å². The van der Waals surface area contributed by atoms with Gasteiger partial charge in [-0.2, -0.15) is 0 Å². The van der Waals surface area contributed by atoms with Crippen molar-refractivity contribution in [2.24, 2.45) is 0 Å². The molecule has 2 N–H and O–H groups in total. The van der Waals surface area contributed by atoms with Crippen LogP contribution >= 0.6 is 0 Å². The van der Waals surface area contributed by atoms with Crippen molar-refractivity contribution in [3.8, 4) is 0 Å². The summed E-state index contributed by atoms with van der Waals surface area (Å²) in [6.45, 7) is 0.338. The summed E-state index contributed by atoms with van der Waals surface area (Å²) in [5.41, 5.74) is 1.41. The van der Waals surface area contributed by atoms with Gasteiger partial charge in [0.25, 0.3) is 11.8 Å². The fraction of sp³-hybridized carbons (Fsp3) is 0.143. The van der Waals surface area contributed by atoms with Gasteiger partial charge in [0, 0.05) is 19.2 Å². The summed E-state index contributed by atoms with van der Waals surface area (Å²) in [4.78, 5) is 23.1. The number of hydrogen-bond donors (Lipinski definition) is 2. The van der Waals surface area contributed by atoms with Crippen LogP contribution in [0.25, 0.3) is 0 Å². The van der Waals surface area contributed by atoms with Crippen LogP contribution in [0.2, 0.25) is 0 Å². The van der Waals surface area contributed by atoms with Gasteiger partial charge in [-0.1, -0.05) is 12.1 Å². The maximum absolute atomic E-state index is 11.7. The van der Waals surface area contributed by atoms with Crippen molar-refractivity contribution in [2.45, 2.75) is 6.54 Å². The van der Waals surface area contributed by atoms with Crippen LogP contribution in [-0.4, -0.2) is 18.9 Å². The molecule has 0 saturated heterocycles. The van der Waals surface area contributed by atoms with E-state index in [2.05, 4.69) is 10.6 Å². The number of carbonyl (C=O) groups excluding carboxylic acids is 2. The summed E-state index contributed by atoms with van der Waals surface area (Å²) in [5, 5.41) is 5.28. The maximum atomic E-state index is 11.7. The topological polar surface area (TPSA) is 71.3 Å². The summed E-state index contributed by atoms with van der Waals surface area (Å²) < 4.78 is 4.99. The molecule has 2 aromatic rings. The minimum Gasteiger partial charge on any atom is -0.459 e. The number of furan rings is 1. The van der Waals surface area contributed by atoms with Crippen LogP contribution in [0, 0.1) is 0 Å². The van der Waals surface area contributed by atoms with E-state index in [4.69, 9.17) is 4.42 Å². The van der Waals surface area contributed by atoms with Crippen molar-refractivity contribution in [3.63, 3.8) is 0 Å². The van der Waals surface area contributed by atoms with Crippen molar-refractivity contribution in [1.82, 2.24) is 10.6 Å². The Morgan fingerprint density at radius 3 is 2.68 bits per heavy atom. The van der Waals surface area contributed by atoms with E-state index in [1.54, 1.807) is 37.4 Å². The van der Waals surface area contributed by atoms with E-state index in [0.717, 1.165) is 5.56 Å². The molecule has 0 aliphatic carbocycles. The first-order valence-electron chi connectivity index (χ1n) is 5.83. The average Bonchev–Trinajstić information content (AvgIpc) is 2.98. The molecule has 0 spiro atoms. The number of rotatable bonds is 4. The number of amides is 2. The van der Waals surface area contributed by atoms with E-state index >= 15 is 0 Å². The first-order valence-corrected chi connectivity index (χ1v) is 5.83. The first-order chi connectivity index (χ1) is 9.20. The van der Waals surface area contributed by atoms with Crippen molar-refractivity contribution >= 4 is 11.8 Å². The average molecular weight is 258 g/mol. The zero-order valence-electron chi connectivity index (χ0n) is 10.5. The van der Waals surface area contributed by atoms with Crippen LogP contribution in [0.1, 0.15) is 26.5 Å². The minimum absolute atomic E-state index is 0.154. The number of benzene rings is 1. The first kappa shape index (κ1) is 12.9. The summed E-state index contributed by atoms with van der Waals surface area (Å²) in [7, 11) is 1.58. The van der Waals surface area contributed by atoms with Crippen molar-refractivity contribution in [1.29, 1.82) is 0 Å². The molecule has 1 aromatic heterocycles. The molecule has 2 amide bonds. The van der Waals surface area contributed by atoms with Gasteiger partial charge in [-0.05, 0) is 29.8 Å². The highest BCUT2D eigenvalue weighted by atomic mass is 16.3. The monoisotopic (exact) mass is 258 g/mol. The van der Waals surface area contributed by atoms with Gasteiger partial charge in [0.15, 0.2) is 5.76 Å². The molecule has 2 rings (SSSR count). The predicted octanol–water partition coefficient (Wildman–Crippen LogP) is 1.57. The number of hydrogen-bond acceptors (Lipinski definition) is 3. The quantitative estimate of drug-likeness (QED) is 0.874. The molecule has 0 bridgehead atoms. The van der Waals surface area contributed by atoms with E-state index in [1.807, 2.05) is 6.07 Å². The second-order valence-corrected chi connectivity index (χ2v) is 3.94. The molecule has 5 nitrogen and oxygen atoms in total. The Balaban J connectivity index is 2.00. The van der Waals surface area contributed by atoms with Gasteiger partial charge in [0.1, 0.15) is 0 Å². The van der Waals surface area contributed by atoms with Gasteiger partial charge in [0.2, 0.25) is 0 Å². The highest BCUT2D eigenvalue weighted by molar-refractivity contribution is 5.94. The van der Waals surface area contributed by atoms with Gasteiger partial charge < -0.3 is 15.1 Å². The van der Waals surface area contributed by atoms with E-state index in [0.29, 0.717) is 12.1 Å². The Labute approximate surface area is 110 Å². The van der Waals surface area contributed by atoms with Crippen LogP contribution in [-0.2, 0) is 6.54 Å². The zero-order valence-corrected chi connectivity index (χ0v) is 10.5. The highest BCUT2D eigenvalue weighted by Crippen LogP contribution is 2.06. The molecule has 0 aliphatic heterocycles. The maximum Gasteiger partial charge on any atom is 0.287 e. The van der Waals surface area contributed by atoms with Gasteiger partial charge in [-0.3, -0.25) is 9.59 Å². The van der Waals surface area contributed by atoms with Gasteiger partial charge in [-0.25, -0.2) is 0 Å². The van der Waals surface area contributed by atoms with E-state index in [9.17, 15) is 9.59 Å².